The standard InChI is InChI=1S/C12H10FNO4/c1-16-7-4-8-11(18-6-17-8)9(10(7)13)12(2-3-12)14-5-15/h4H,2-3,6H2,1H3. The van der Waals surface area contributed by atoms with E-state index in [1.54, 1.807) is 0 Å². The molecule has 0 radical (unpaired) electrons. The molecule has 2 aliphatic rings. The van der Waals surface area contributed by atoms with Crippen LogP contribution in [0.2, 0.25) is 0 Å². The predicted octanol–water partition coefficient (Wildman–Crippen LogP) is 1.89. The van der Waals surface area contributed by atoms with Gasteiger partial charge in [0.2, 0.25) is 12.9 Å². The smallest absolute Gasteiger partial charge is 0.235 e. The van der Waals surface area contributed by atoms with Gasteiger partial charge < -0.3 is 14.2 Å². The minimum absolute atomic E-state index is 0.0236. The lowest BCUT2D eigenvalue weighted by atomic mass is 10.0. The van der Waals surface area contributed by atoms with E-state index in [4.69, 9.17) is 14.2 Å². The monoisotopic (exact) mass is 251 g/mol. The van der Waals surface area contributed by atoms with Crippen molar-refractivity contribution in [2.75, 3.05) is 13.9 Å². The second-order valence-electron chi connectivity index (χ2n) is 4.24. The van der Waals surface area contributed by atoms with E-state index < -0.39 is 11.4 Å². The maximum absolute atomic E-state index is 14.3. The number of rotatable bonds is 3. The zero-order valence-electron chi connectivity index (χ0n) is 9.66. The lowest BCUT2D eigenvalue weighted by Gasteiger charge is -2.14. The third kappa shape index (κ3) is 1.39. The van der Waals surface area contributed by atoms with E-state index in [0.29, 0.717) is 24.3 Å². The summed E-state index contributed by atoms with van der Waals surface area (Å²) in [4.78, 5) is 14.2. The third-order valence-electron chi connectivity index (χ3n) is 3.24. The van der Waals surface area contributed by atoms with E-state index in [-0.39, 0.29) is 18.1 Å². The third-order valence-corrected chi connectivity index (χ3v) is 3.24. The molecule has 0 aromatic heterocycles. The average Bonchev–Trinajstić information content (AvgIpc) is 2.98. The molecule has 5 nitrogen and oxygen atoms in total. The van der Waals surface area contributed by atoms with Gasteiger partial charge in [-0.3, -0.25) is 0 Å². The highest BCUT2D eigenvalue weighted by Gasteiger charge is 2.51. The Labute approximate surface area is 102 Å². The minimum atomic E-state index is -0.863. The fraction of sp³-hybridized carbons (Fsp3) is 0.417. The van der Waals surface area contributed by atoms with Gasteiger partial charge in [0.05, 0.1) is 12.7 Å². The largest absolute Gasteiger partial charge is 0.494 e. The Morgan fingerprint density at radius 2 is 2.28 bits per heavy atom. The fourth-order valence-corrected chi connectivity index (χ4v) is 2.18. The first kappa shape index (κ1) is 11.0. The molecule has 0 bridgehead atoms. The van der Waals surface area contributed by atoms with Gasteiger partial charge in [-0.1, -0.05) is 0 Å². The number of benzene rings is 1. The van der Waals surface area contributed by atoms with Gasteiger partial charge >= 0.3 is 0 Å². The van der Waals surface area contributed by atoms with Gasteiger partial charge in [0.25, 0.3) is 0 Å². The minimum Gasteiger partial charge on any atom is -0.494 e. The van der Waals surface area contributed by atoms with Crippen molar-refractivity contribution in [2.24, 2.45) is 4.99 Å². The van der Waals surface area contributed by atoms with Crippen LogP contribution in [0, 0.1) is 5.82 Å². The summed E-state index contributed by atoms with van der Waals surface area (Å²) in [6, 6.07) is 1.43. The normalized spacial score (nSPS) is 18.1. The van der Waals surface area contributed by atoms with Gasteiger partial charge in [0, 0.05) is 6.07 Å². The first-order valence-corrected chi connectivity index (χ1v) is 5.47. The SMILES string of the molecule is COc1cc2c(c(C3(N=C=O)CC3)c1F)OCO2. The van der Waals surface area contributed by atoms with Gasteiger partial charge in [-0.15, -0.1) is 0 Å². The van der Waals surface area contributed by atoms with Gasteiger partial charge in [-0.05, 0) is 12.8 Å². The maximum Gasteiger partial charge on any atom is 0.235 e. The molecule has 1 heterocycles. The van der Waals surface area contributed by atoms with E-state index in [0.717, 1.165) is 0 Å². The number of methoxy groups -OCH3 is 1. The molecule has 1 aliphatic carbocycles. The lowest BCUT2D eigenvalue weighted by Crippen LogP contribution is -2.08. The molecule has 1 saturated carbocycles. The fourth-order valence-electron chi connectivity index (χ4n) is 2.18. The summed E-state index contributed by atoms with van der Waals surface area (Å²) in [5.41, 5.74) is -0.629. The van der Waals surface area contributed by atoms with Crippen molar-refractivity contribution in [2.45, 2.75) is 18.4 Å². The first-order chi connectivity index (χ1) is 8.72. The van der Waals surface area contributed by atoms with Crippen molar-refractivity contribution in [3.8, 4) is 17.2 Å². The molecule has 0 atom stereocenters. The number of halogens is 1. The zero-order chi connectivity index (χ0) is 12.8. The van der Waals surface area contributed by atoms with Gasteiger partial charge in [-0.25, -0.2) is 9.18 Å². The number of fused-ring (bicyclic) bond motifs is 1. The predicted molar refractivity (Wildman–Crippen MR) is 58.1 cm³/mol. The number of ether oxygens (including phenoxy) is 3. The van der Waals surface area contributed by atoms with Crippen LogP contribution in [0.1, 0.15) is 18.4 Å². The van der Waals surface area contributed by atoms with Crippen molar-refractivity contribution < 1.29 is 23.4 Å². The van der Waals surface area contributed by atoms with Crippen LogP contribution in [0.25, 0.3) is 0 Å². The Morgan fingerprint density at radius 1 is 1.50 bits per heavy atom. The van der Waals surface area contributed by atoms with E-state index in [9.17, 15) is 9.18 Å². The highest BCUT2D eigenvalue weighted by molar-refractivity contribution is 5.59. The molecule has 0 unspecified atom stereocenters. The second-order valence-corrected chi connectivity index (χ2v) is 4.24. The number of hydrogen-bond donors (Lipinski definition) is 0. The molecule has 0 saturated heterocycles. The Balaban J connectivity index is 2.24. The summed E-state index contributed by atoms with van der Waals surface area (Å²) in [6.45, 7) is 0.0236. The molecule has 1 aromatic rings. The Morgan fingerprint density at radius 3 is 2.89 bits per heavy atom. The first-order valence-electron chi connectivity index (χ1n) is 5.47. The molecule has 18 heavy (non-hydrogen) atoms. The molecule has 0 spiro atoms. The Kier molecular flexibility index (Phi) is 2.28. The van der Waals surface area contributed by atoms with Crippen molar-refractivity contribution in [3.63, 3.8) is 0 Å². The molecular weight excluding hydrogens is 241 g/mol. The lowest BCUT2D eigenvalue weighted by molar-refractivity contribution is 0.172. The van der Waals surface area contributed by atoms with Crippen LogP contribution < -0.4 is 14.2 Å². The van der Waals surface area contributed by atoms with Crippen molar-refractivity contribution in [3.05, 3.63) is 17.4 Å². The van der Waals surface area contributed by atoms with Crippen molar-refractivity contribution in [1.82, 2.24) is 0 Å². The summed E-state index contributed by atoms with van der Waals surface area (Å²) in [7, 11) is 1.37. The number of aliphatic imine (C=N–C) groups is 1. The molecule has 1 aromatic carbocycles. The van der Waals surface area contributed by atoms with Crippen LogP contribution in [0.3, 0.4) is 0 Å². The summed E-state index contributed by atoms with van der Waals surface area (Å²) < 4.78 is 29.8. The molecule has 0 amide bonds. The van der Waals surface area contributed by atoms with Gasteiger partial charge in [0.15, 0.2) is 23.1 Å². The van der Waals surface area contributed by atoms with Crippen LogP contribution in [0.5, 0.6) is 17.2 Å². The van der Waals surface area contributed by atoms with Gasteiger partial charge in [0.1, 0.15) is 5.54 Å². The Hall–Kier alpha value is -2.07. The number of isocyanates is 1. The Bertz CT molecular complexity index is 561. The zero-order valence-corrected chi connectivity index (χ0v) is 9.66. The maximum atomic E-state index is 14.3. The van der Waals surface area contributed by atoms with Gasteiger partial charge in [-0.2, -0.15) is 4.99 Å². The highest BCUT2D eigenvalue weighted by Crippen LogP contribution is 2.57. The number of carbonyl (C=O) groups excluding carboxylic acids is 1. The molecule has 6 heteroatoms. The second kappa shape index (κ2) is 3.71. The summed E-state index contributed by atoms with van der Waals surface area (Å²) in [5.74, 6) is 0.222. The van der Waals surface area contributed by atoms with Crippen LogP contribution in [0.15, 0.2) is 11.1 Å². The van der Waals surface area contributed by atoms with E-state index in [2.05, 4.69) is 4.99 Å². The molecule has 1 fully saturated rings. The topological polar surface area (TPSA) is 57.1 Å². The van der Waals surface area contributed by atoms with Crippen LogP contribution in [-0.4, -0.2) is 20.0 Å². The average molecular weight is 251 g/mol. The number of nitrogens with zero attached hydrogens (tertiary/aromatic N) is 1. The molecule has 94 valence electrons. The van der Waals surface area contributed by atoms with Crippen LogP contribution in [-0.2, 0) is 10.3 Å². The molecule has 1 aliphatic heterocycles. The van der Waals surface area contributed by atoms with E-state index >= 15 is 0 Å². The van der Waals surface area contributed by atoms with Crippen LogP contribution >= 0.6 is 0 Å². The number of hydrogen-bond acceptors (Lipinski definition) is 5. The summed E-state index contributed by atoms with van der Waals surface area (Å²) in [5, 5.41) is 0. The van der Waals surface area contributed by atoms with Crippen molar-refractivity contribution in [1.29, 1.82) is 0 Å². The van der Waals surface area contributed by atoms with E-state index in [1.807, 2.05) is 0 Å². The van der Waals surface area contributed by atoms with Crippen molar-refractivity contribution >= 4 is 6.08 Å². The summed E-state index contributed by atoms with van der Waals surface area (Å²) in [6.07, 6.45) is 2.67. The quantitative estimate of drug-likeness (QED) is 0.608. The van der Waals surface area contributed by atoms with Crippen LogP contribution in [0.4, 0.5) is 4.39 Å². The summed E-state index contributed by atoms with van der Waals surface area (Å²) >= 11 is 0. The molecule has 3 rings (SSSR count). The molecule has 0 N–H and O–H groups in total. The molecular formula is C12H10FNO4. The van der Waals surface area contributed by atoms with E-state index in [1.165, 1.54) is 19.3 Å². The highest BCUT2D eigenvalue weighted by atomic mass is 19.1.